The van der Waals surface area contributed by atoms with Crippen molar-refractivity contribution in [2.24, 2.45) is 29.1 Å². The van der Waals surface area contributed by atoms with E-state index >= 15 is 0 Å². The van der Waals surface area contributed by atoms with Gasteiger partial charge in [-0.25, -0.2) is 0 Å². The molecule has 37 heavy (non-hydrogen) atoms. The van der Waals surface area contributed by atoms with E-state index in [-0.39, 0.29) is 59.5 Å². The molecule has 198 valence electrons. The van der Waals surface area contributed by atoms with Crippen molar-refractivity contribution in [1.29, 1.82) is 0 Å². The lowest BCUT2D eigenvalue weighted by molar-refractivity contribution is -0.151. The second-order valence-electron chi connectivity index (χ2n) is 12.0. The van der Waals surface area contributed by atoms with E-state index in [1.165, 1.54) is 7.11 Å². The molecule has 3 fully saturated rings. The second kappa shape index (κ2) is 8.79. The van der Waals surface area contributed by atoms with E-state index in [4.69, 9.17) is 9.47 Å². The number of allylic oxidation sites excluding steroid dienone is 1. The third-order valence-electron chi connectivity index (χ3n) is 10.1. The van der Waals surface area contributed by atoms with Crippen LogP contribution >= 0.6 is 0 Å². The number of para-hydroxylation sites is 1. The maximum Gasteiger partial charge on any atom is 0.235 e. The number of hydrogen-bond acceptors (Lipinski definition) is 5. The van der Waals surface area contributed by atoms with Crippen molar-refractivity contribution < 1.29 is 24.2 Å². The Labute approximate surface area is 218 Å². The summed E-state index contributed by atoms with van der Waals surface area (Å²) in [6.45, 7) is 6.36. The van der Waals surface area contributed by atoms with E-state index in [0.717, 1.165) is 22.9 Å². The Morgan fingerprint density at radius 3 is 2.78 bits per heavy atom. The van der Waals surface area contributed by atoms with Gasteiger partial charge in [0.2, 0.25) is 5.91 Å². The zero-order valence-electron chi connectivity index (χ0n) is 22.1. The molecule has 1 spiro atoms. The minimum absolute atomic E-state index is 0.00442. The summed E-state index contributed by atoms with van der Waals surface area (Å²) in [4.78, 5) is 31.9. The fourth-order valence-corrected chi connectivity index (χ4v) is 7.91. The number of epoxide rings is 1. The first-order chi connectivity index (χ1) is 17.7. The van der Waals surface area contributed by atoms with Crippen LogP contribution in [0.25, 0.3) is 10.9 Å². The summed E-state index contributed by atoms with van der Waals surface area (Å²) in [5, 5.41) is 15.3. The van der Waals surface area contributed by atoms with Crippen LogP contribution in [0.1, 0.15) is 45.6 Å². The zero-order valence-corrected chi connectivity index (χ0v) is 22.1. The standard InChI is InChI=1S/C30H38N2O5/c1-16-8-7-10-20-27-29(3,37-27)17(2)26-22(13-18-15-31-21-11-6-5-9-19(18)21)32-28(35)30(20,26)25(34)14-24(36-4)23(33)12-16/h5-7,9-11,15-17,20,22-24,26-27,31,33H,8,12-14H2,1-4H3,(H,32,35)/b10-7+/t16-,17+,20+,22-,23+,24-,26+,27-,29+,30+/m1/s1. The first-order valence-electron chi connectivity index (χ1n) is 13.7. The molecule has 6 rings (SSSR count). The molecule has 2 aromatic rings. The number of carbonyl (C=O) groups excluding carboxylic acids is 2. The number of carbonyl (C=O) groups is 2. The monoisotopic (exact) mass is 506 g/mol. The summed E-state index contributed by atoms with van der Waals surface area (Å²) in [5.41, 5.74) is 0.561. The second-order valence-corrected chi connectivity index (χ2v) is 12.0. The van der Waals surface area contributed by atoms with Crippen LogP contribution in [0.3, 0.4) is 0 Å². The van der Waals surface area contributed by atoms with Crippen LogP contribution in [0.2, 0.25) is 0 Å². The molecule has 1 saturated carbocycles. The number of H-pyrrole nitrogens is 1. The van der Waals surface area contributed by atoms with Crippen LogP contribution in [0, 0.1) is 29.1 Å². The van der Waals surface area contributed by atoms with Gasteiger partial charge in [0, 0.05) is 48.5 Å². The lowest BCUT2D eigenvalue weighted by Gasteiger charge is -2.46. The molecule has 7 nitrogen and oxygen atoms in total. The van der Waals surface area contributed by atoms with Gasteiger partial charge in [-0.2, -0.15) is 0 Å². The van der Waals surface area contributed by atoms with Gasteiger partial charge in [0.1, 0.15) is 5.41 Å². The number of amides is 1. The van der Waals surface area contributed by atoms with E-state index in [0.29, 0.717) is 12.8 Å². The van der Waals surface area contributed by atoms with Gasteiger partial charge >= 0.3 is 0 Å². The van der Waals surface area contributed by atoms with Crippen LogP contribution in [0.15, 0.2) is 42.6 Å². The fraction of sp³-hybridized carbons (Fsp3) is 0.600. The molecule has 3 heterocycles. The van der Waals surface area contributed by atoms with Crippen LogP contribution in [0.5, 0.6) is 0 Å². The number of hydrogen-bond donors (Lipinski definition) is 3. The van der Waals surface area contributed by atoms with Crippen molar-refractivity contribution in [3.8, 4) is 0 Å². The summed E-state index contributed by atoms with van der Waals surface area (Å²) in [5.74, 6) is -0.717. The number of Topliss-reactive ketones (excluding diaryl/α,β-unsaturated/α-hetero) is 1. The number of fused-ring (bicyclic) bond motifs is 3. The summed E-state index contributed by atoms with van der Waals surface area (Å²) >= 11 is 0. The Bertz CT molecular complexity index is 1250. The van der Waals surface area contributed by atoms with Gasteiger partial charge in [-0.05, 0) is 49.7 Å². The van der Waals surface area contributed by atoms with Crippen LogP contribution in [-0.2, 0) is 25.5 Å². The number of aromatic amines is 1. The highest BCUT2D eigenvalue weighted by molar-refractivity contribution is 6.09. The minimum Gasteiger partial charge on any atom is -0.390 e. The van der Waals surface area contributed by atoms with Crippen molar-refractivity contribution in [2.75, 3.05) is 7.11 Å². The van der Waals surface area contributed by atoms with Crippen molar-refractivity contribution >= 4 is 22.6 Å². The van der Waals surface area contributed by atoms with E-state index < -0.39 is 17.6 Å². The molecule has 10 atom stereocenters. The highest BCUT2D eigenvalue weighted by Crippen LogP contribution is 2.66. The summed E-state index contributed by atoms with van der Waals surface area (Å²) < 4.78 is 12.0. The Morgan fingerprint density at radius 1 is 1.22 bits per heavy atom. The third-order valence-corrected chi connectivity index (χ3v) is 10.1. The normalized spacial score (nSPS) is 44.4. The van der Waals surface area contributed by atoms with Crippen molar-refractivity contribution in [3.05, 3.63) is 48.2 Å². The van der Waals surface area contributed by atoms with Gasteiger partial charge in [-0.1, -0.05) is 44.2 Å². The third kappa shape index (κ3) is 3.57. The Morgan fingerprint density at radius 2 is 2.00 bits per heavy atom. The van der Waals surface area contributed by atoms with Gasteiger partial charge in [0.05, 0.1) is 23.9 Å². The molecule has 0 radical (unpaired) electrons. The Hall–Kier alpha value is -2.48. The molecule has 1 aromatic carbocycles. The molecule has 0 unspecified atom stereocenters. The molecule has 7 heteroatoms. The number of ketones is 1. The minimum atomic E-state index is -1.25. The largest absolute Gasteiger partial charge is 0.390 e. The van der Waals surface area contributed by atoms with Crippen LogP contribution < -0.4 is 5.32 Å². The molecule has 3 N–H and O–H groups in total. The summed E-state index contributed by atoms with van der Waals surface area (Å²) in [6, 6.07) is 7.95. The lowest BCUT2D eigenvalue weighted by Crippen LogP contribution is -2.59. The highest BCUT2D eigenvalue weighted by Gasteiger charge is 2.78. The number of benzene rings is 1. The van der Waals surface area contributed by atoms with Gasteiger partial charge in [-0.15, -0.1) is 0 Å². The average molecular weight is 507 g/mol. The number of aliphatic hydroxyl groups excluding tert-OH is 1. The SMILES string of the molecule is CO[C@@H]1CC(=O)[C@]23C(=O)N[C@H](Cc4c[nH]c5ccccc45)[C@@H]2[C@H](C)[C@]2(C)O[C@@H]2[C@@H]3/C=C/C[C@@H](C)C[C@@H]1O. The molecule has 1 amide bonds. The molecule has 2 aliphatic carbocycles. The number of methoxy groups -OCH3 is 1. The van der Waals surface area contributed by atoms with Crippen LogP contribution in [-0.4, -0.2) is 58.8 Å². The van der Waals surface area contributed by atoms with E-state index in [1.807, 2.05) is 24.4 Å². The lowest BCUT2D eigenvalue weighted by atomic mass is 9.51. The molecule has 0 bridgehead atoms. The molecule has 2 aliphatic heterocycles. The van der Waals surface area contributed by atoms with Crippen molar-refractivity contribution in [2.45, 2.75) is 76.4 Å². The molecule has 1 aromatic heterocycles. The van der Waals surface area contributed by atoms with E-state index in [2.05, 4.69) is 49.3 Å². The molecular formula is C30H38N2O5. The number of rotatable bonds is 3. The number of aromatic nitrogens is 1. The van der Waals surface area contributed by atoms with Gasteiger partial charge in [0.15, 0.2) is 5.78 Å². The predicted molar refractivity (Wildman–Crippen MR) is 140 cm³/mol. The maximum atomic E-state index is 14.4. The van der Waals surface area contributed by atoms with Gasteiger partial charge in [0.25, 0.3) is 0 Å². The topological polar surface area (TPSA) is 104 Å². The smallest absolute Gasteiger partial charge is 0.235 e. The van der Waals surface area contributed by atoms with Gasteiger partial charge in [-0.3, -0.25) is 9.59 Å². The first-order valence-corrected chi connectivity index (χ1v) is 13.7. The van der Waals surface area contributed by atoms with Crippen molar-refractivity contribution in [1.82, 2.24) is 10.3 Å². The Balaban J connectivity index is 1.46. The zero-order chi connectivity index (χ0) is 26.1. The average Bonchev–Trinajstić information content (AvgIpc) is 3.28. The fourth-order valence-electron chi connectivity index (χ4n) is 7.91. The van der Waals surface area contributed by atoms with Gasteiger partial charge < -0.3 is 24.9 Å². The summed E-state index contributed by atoms with van der Waals surface area (Å²) in [7, 11) is 1.54. The quantitative estimate of drug-likeness (QED) is 0.336. The highest BCUT2D eigenvalue weighted by atomic mass is 16.6. The Kier molecular flexibility index (Phi) is 5.90. The first kappa shape index (κ1) is 24.8. The predicted octanol–water partition coefficient (Wildman–Crippen LogP) is 3.56. The van der Waals surface area contributed by atoms with Crippen molar-refractivity contribution in [3.63, 3.8) is 0 Å². The summed E-state index contributed by atoms with van der Waals surface area (Å²) in [6.07, 6.45) is 6.54. The maximum absolute atomic E-state index is 14.4. The molecule has 4 aliphatic rings. The number of ether oxygens (including phenoxy) is 2. The number of aliphatic hydroxyl groups is 1. The molecular weight excluding hydrogens is 468 g/mol. The molecule has 2 saturated heterocycles. The van der Waals surface area contributed by atoms with Crippen LogP contribution in [0.4, 0.5) is 0 Å². The van der Waals surface area contributed by atoms with E-state index in [9.17, 15) is 14.7 Å². The number of nitrogens with one attached hydrogen (secondary N) is 2. The van der Waals surface area contributed by atoms with E-state index in [1.54, 1.807) is 0 Å².